The van der Waals surface area contributed by atoms with E-state index in [2.05, 4.69) is 21.0 Å². The molecule has 0 saturated carbocycles. The van der Waals surface area contributed by atoms with E-state index in [0.717, 1.165) is 0 Å². The maximum Gasteiger partial charge on any atom is 0.308 e. The van der Waals surface area contributed by atoms with E-state index in [1.54, 1.807) is 25.1 Å². The molecule has 3 rings (SSSR count). The Kier molecular flexibility index (Phi) is 6.02. The van der Waals surface area contributed by atoms with Gasteiger partial charge < -0.3 is 19.4 Å². The number of hydrogen-bond donors (Lipinski definition) is 0. The molecule has 8 nitrogen and oxygen atoms in total. The van der Waals surface area contributed by atoms with E-state index < -0.39 is 11.9 Å². The maximum atomic E-state index is 12.9. The number of nitrogens with zero attached hydrogens (tertiary/aromatic N) is 2. The van der Waals surface area contributed by atoms with Crippen LogP contribution in [0.5, 0.6) is 11.5 Å². The predicted octanol–water partition coefficient (Wildman–Crippen LogP) is 2.55. The molecule has 9 heteroatoms. The van der Waals surface area contributed by atoms with Crippen LogP contribution in [0, 0.1) is 0 Å². The summed E-state index contributed by atoms with van der Waals surface area (Å²) in [6, 6.07) is 8.87. The van der Waals surface area contributed by atoms with Crippen molar-refractivity contribution in [3.63, 3.8) is 0 Å². The molecule has 1 amide bonds. The van der Waals surface area contributed by atoms with Gasteiger partial charge in [0, 0.05) is 11.4 Å². The van der Waals surface area contributed by atoms with E-state index in [1.807, 2.05) is 0 Å². The standard InChI is InChI=1S/C21H17BrN2O6/c1-11-16(8-14-9-18(29-3)19(10-17(14)22)30-12(2)25)20(26)24(23-11)15-6-4-13(5-7-15)21(27)28/h4-10H,1-3H3,(H,27,28)/p-1/b16-8+. The largest absolute Gasteiger partial charge is 0.545 e. The van der Waals surface area contributed by atoms with Crippen LogP contribution in [0.3, 0.4) is 0 Å². The first-order valence-corrected chi connectivity index (χ1v) is 9.49. The van der Waals surface area contributed by atoms with E-state index in [1.165, 1.54) is 43.3 Å². The first-order chi connectivity index (χ1) is 14.2. The highest BCUT2D eigenvalue weighted by Gasteiger charge is 2.29. The van der Waals surface area contributed by atoms with Crippen molar-refractivity contribution >= 4 is 51.3 Å². The van der Waals surface area contributed by atoms with Crippen LogP contribution in [0.2, 0.25) is 0 Å². The molecule has 0 saturated heterocycles. The smallest absolute Gasteiger partial charge is 0.308 e. The zero-order valence-electron chi connectivity index (χ0n) is 16.3. The Hall–Kier alpha value is -3.46. The molecule has 1 aliphatic rings. The third-order valence-corrected chi connectivity index (χ3v) is 4.93. The fourth-order valence-corrected chi connectivity index (χ4v) is 3.25. The summed E-state index contributed by atoms with van der Waals surface area (Å²) in [6.45, 7) is 2.98. The summed E-state index contributed by atoms with van der Waals surface area (Å²) in [5.41, 5.74) is 1.89. The average Bonchev–Trinajstić information content (AvgIpc) is 2.97. The number of benzene rings is 2. The number of ether oxygens (including phenoxy) is 2. The lowest BCUT2D eigenvalue weighted by Crippen LogP contribution is -2.23. The fourth-order valence-electron chi connectivity index (χ4n) is 2.81. The quantitative estimate of drug-likeness (QED) is 0.376. The van der Waals surface area contributed by atoms with E-state index in [9.17, 15) is 19.5 Å². The second-order valence-electron chi connectivity index (χ2n) is 6.31. The van der Waals surface area contributed by atoms with Crippen molar-refractivity contribution in [2.45, 2.75) is 13.8 Å². The molecule has 30 heavy (non-hydrogen) atoms. The number of hydrogen-bond acceptors (Lipinski definition) is 7. The number of anilines is 1. The van der Waals surface area contributed by atoms with E-state index in [0.29, 0.717) is 32.8 Å². The number of hydrazone groups is 1. The topological polar surface area (TPSA) is 108 Å². The molecule has 0 atom stereocenters. The summed E-state index contributed by atoms with van der Waals surface area (Å²) in [7, 11) is 1.44. The molecule has 154 valence electrons. The van der Waals surface area contributed by atoms with Crippen molar-refractivity contribution in [3.8, 4) is 11.5 Å². The first kappa shape index (κ1) is 21.3. The van der Waals surface area contributed by atoms with Gasteiger partial charge in [-0.05, 0) is 48.4 Å². The summed E-state index contributed by atoms with van der Waals surface area (Å²) in [5.74, 6) is -1.58. The minimum atomic E-state index is -1.30. The number of aromatic carboxylic acids is 1. The van der Waals surface area contributed by atoms with Crippen LogP contribution < -0.4 is 19.6 Å². The lowest BCUT2D eigenvalue weighted by Gasteiger charge is -2.13. The molecule has 2 aromatic carbocycles. The predicted molar refractivity (Wildman–Crippen MR) is 111 cm³/mol. The average molecular weight is 472 g/mol. The van der Waals surface area contributed by atoms with Crippen molar-refractivity contribution < 1.29 is 29.0 Å². The van der Waals surface area contributed by atoms with E-state index in [4.69, 9.17) is 9.47 Å². The van der Waals surface area contributed by atoms with Gasteiger partial charge in [0.1, 0.15) is 0 Å². The zero-order chi connectivity index (χ0) is 22.0. The molecule has 1 heterocycles. The number of carbonyl (C=O) groups excluding carboxylic acids is 3. The van der Waals surface area contributed by atoms with Crippen molar-refractivity contribution in [2.75, 3.05) is 12.1 Å². The van der Waals surface area contributed by atoms with Gasteiger partial charge in [-0.15, -0.1) is 0 Å². The minimum absolute atomic E-state index is 0.00533. The molecule has 0 unspecified atom stereocenters. The SMILES string of the molecule is COc1cc(/C=C2/C(=O)N(c3ccc(C(=O)[O-])cc3)N=C2C)c(Br)cc1OC(C)=O. The Morgan fingerprint density at radius 2 is 1.83 bits per heavy atom. The zero-order valence-corrected chi connectivity index (χ0v) is 17.8. The molecule has 0 N–H and O–H groups in total. The molecule has 0 spiro atoms. The van der Waals surface area contributed by atoms with Gasteiger partial charge in [0.05, 0.1) is 30.1 Å². The van der Waals surface area contributed by atoms with Gasteiger partial charge in [-0.1, -0.05) is 28.1 Å². The van der Waals surface area contributed by atoms with Crippen molar-refractivity contribution in [1.82, 2.24) is 0 Å². The molecule has 2 aromatic rings. The summed E-state index contributed by atoms with van der Waals surface area (Å²) >= 11 is 3.41. The maximum absolute atomic E-state index is 12.9. The summed E-state index contributed by atoms with van der Waals surface area (Å²) in [5, 5.41) is 16.4. The lowest BCUT2D eigenvalue weighted by atomic mass is 10.1. The molecule has 0 fully saturated rings. The van der Waals surface area contributed by atoms with E-state index >= 15 is 0 Å². The Labute approximate surface area is 180 Å². The van der Waals surface area contributed by atoms with Crippen molar-refractivity contribution in [3.05, 3.63) is 57.6 Å². The van der Waals surface area contributed by atoms with Crippen LogP contribution in [0.25, 0.3) is 6.08 Å². The number of carboxylic acids is 1. The molecule has 1 aliphatic heterocycles. The normalized spacial score (nSPS) is 14.7. The van der Waals surface area contributed by atoms with Gasteiger partial charge in [-0.2, -0.15) is 10.1 Å². The molecule has 0 bridgehead atoms. The number of methoxy groups -OCH3 is 1. The molecular weight excluding hydrogens is 456 g/mol. The van der Waals surface area contributed by atoms with Gasteiger partial charge in [0.15, 0.2) is 11.5 Å². The van der Waals surface area contributed by atoms with Crippen LogP contribution in [-0.4, -0.2) is 30.7 Å². The van der Waals surface area contributed by atoms with Crippen LogP contribution in [0.1, 0.15) is 29.8 Å². The van der Waals surface area contributed by atoms with Crippen LogP contribution in [0.15, 0.2) is 51.5 Å². The summed E-state index contributed by atoms with van der Waals surface area (Å²) in [4.78, 5) is 35.1. The Morgan fingerprint density at radius 3 is 2.40 bits per heavy atom. The van der Waals surface area contributed by atoms with Gasteiger partial charge in [0.2, 0.25) is 0 Å². The summed E-state index contributed by atoms with van der Waals surface area (Å²) < 4.78 is 11.0. The van der Waals surface area contributed by atoms with Crippen LogP contribution in [0.4, 0.5) is 5.69 Å². The number of halogens is 1. The Bertz CT molecular complexity index is 1110. The minimum Gasteiger partial charge on any atom is -0.545 e. The Morgan fingerprint density at radius 1 is 1.17 bits per heavy atom. The fraction of sp³-hybridized carbons (Fsp3) is 0.143. The third-order valence-electron chi connectivity index (χ3n) is 4.25. The van der Waals surface area contributed by atoms with Gasteiger partial charge in [-0.3, -0.25) is 9.59 Å². The number of rotatable bonds is 5. The van der Waals surface area contributed by atoms with Crippen molar-refractivity contribution in [2.24, 2.45) is 5.10 Å². The number of amides is 1. The monoisotopic (exact) mass is 471 g/mol. The highest BCUT2D eigenvalue weighted by Crippen LogP contribution is 2.35. The molecule has 0 aliphatic carbocycles. The molecule has 0 radical (unpaired) electrons. The second-order valence-corrected chi connectivity index (χ2v) is 7.17. The number of carboxylic acid groups (broad SMARTS) is 1. The van der Waals surface area contributed by atoms with Gasteiger partial charge in [-0.25, -0.2) is 0 Å². The van der Waals surface area contributed by atoms with E-state index in [-0.39, 0.29) is 17.2 Å². The Balaban J connectivity index is 1.95. The van der Waals surface area contributed by atoms with Gasteiger partial charge >= 0.3 is 5.97 Å². The highest BCUT2D eigenvalue weighted by atomic mass is 79.9. The first-order valence-electron chi connectivity index (χ1n) is 8.70. The number of carbonyl (C=O) groups is 3. The van der Waals surface area contributed by atoms with Crippen LogP contribution >= 0.6 is 15.9 Å². The molecule has 0 aromatic heterocycles. The summed E-state index contributed by atoms with van der Waals surface area (Å²) in [6.07, 6.45) is 1.64. The molecular formula is C21H16BrN2O6-. The number of esters is 1. The van der Waals surface area contributed by atoms with Gasteiger partial charge in [0.25, 0.3) is 5.91 Å². The highest BCUT2D eigenvalue weighted by molar-refractivity contribution is 9.10. The van der Waals surface area contributed by atoms with Crippen LogP contribution in [-0.2, 0) is 9.59 Å². The lowest BCUT2D eigenvalue weighted by molar-refractivity contribution is -0.255. The second kappa shape index (κ2) is 8.50. The third kappa shape index (κ3) is 4.25. The van der Waals surface area contributed by atoms with Crippen molar-refractivity contribution in [1.29, 1.82) is 0 Å².